The second-order valence-corrected chi connectivity index (χ2v) is 3.95. The van der Waals surface area contributed by atoms with E-state index < -0.39 is 0 Å². The second-order valence-electron chi connectivity index (χ2n) is 3.95. The van der Waals surface area contributed by atoms with Gasteiger partial charge in [0.05, 0.1) is 11.6 Å². The van der Waals surface area contributed by atoms with E-state index in [2.05, 4.69) is 12.1 Å². The number of benzene rings is 2. The van der Waals surface area contributed by atoms with Crippen LogP contribution in [0.3, 0.4) is 0 Å². The average Bonchev–Trinajstić information content (AvgIpc) is 2.37. The fraction of sp³-hybridized carbons (Fsp3) is 0.0625. The molecule has 0 unspecified atom stereocenters. The Morgan fingerprint density at radius 3 is 2.47 bits per heavy atom. The first-order chi connectivity index (χ1) is 8.29. The molecule has 0 heterocycles. The van der Waals surface area contributed by atoms with Crippen LogP contribution < -0.4 is 0 Å². The lowest BCUT2D eigenvalue weighted by Crippen LogP contribution is -1.81. The largest absolute Gasteiger partial charge is 0.192 e. The van der Waals surface area contributed by atoms with E-state index in [9.17, 15) is 5.26 Å². The molecule has 0 atom stereocenters. The summed E-state index contributed by atoms with van der Waals surface area (Å²) in [4.78, 5) is 0. The van der Waals surface area contributed by atoms with Crippen LogP contribution in [0.5, 0.6) is 0 Å². The Morgan fingerprint density at radius 2 is 1.82 bits per heavy atom. The monoisotopic (exact) mass is 219 g/mol. The van der Waals surface area contributed by atoms with E-state index in [0.717, 1.165) is 11.1 Å². The van der Waals surface area contributed by atoms with Gasteiger partial charge in [-0.1, -0.05) is 60.2 Å². The van der Waals surface area contributed by atoms with Crippen molar-refractivity contribution in [3.05, 3.63) is 71.3 Å². The third-order valence-corrected chi connectivity index (χ3v) is 2.56. The molecule has 0 N–H and O–H groups in total. The first-order valence-electron chi connectivity index (χ1n) is 5.53. The summed E-state index contributed by atoms with van der Waals surface area (Å²) >= 11 is 0. The minimum Gasteiger partial charge on any atom is -0.192 e. The van der Waals surface area contributed by atoms with Gasteiger partial charge >= 0.3 is 0 Å². The second kappa shape index (κ2) is 5.14. The van der Waals surface area contributed by atoms with Gasteiger partial charge in [-0.3, -0.25) is 0 Å². The molecule has 1 nitrogen and oxygen atoms in total. The lowest BCUT2D eigenvalue weighted by molar-refractivity contribution is 1.46. The number of hydrogen-bond acceptors (Lipinski definition) is 1. The molecule has 0 aliphatic carbocycles. The Kier molecular flexibility index (Phi) is 3.37. The topological polar surface area (TPSA) is 23.8 Å². The molecule has 2 aromatic carbocycles. The number of aryl methyl sites for hydroxylation is 1. The molecular formula is C16H13N. The third-order valence-electron chi connectivity index (χ3n) is 2.56. The van der Waals surface area contributed by atoms with E-state index in [1.54, 1.807) is 0 Å². The summed E-state index contributed by atoms with van der Waals surface area (Å²) < 4.78 is 0. The van der Waals surface area contributed by atoms with E-state index in [4.69, 9.17) is 0 Å². The highest BCUT2D eigenvalue weighted by atomic mass is 14.2. The Hall–Kier alpha value is -2.33. The van der Waals surface area contributed by atoms with Crippen LogP contribution in [0.2, 0.25) is 0 Å². The van der Waals surface area contributed by atoms with Crippen LogP contribution in [0.15, 0.2) is 54.6 Å². The van der Waals surface area contributed by atoms with Crippen LogP contribution in [-0.2, 0) is 0 Å². The van der Waals surface area contributed by atoms with E-state index in [-0.39, 0.29) is 0 Å². The van der Waals surface area contributed by atoms with Gasteiger partial charge in [-0.05, 0) is 24.1 Å². The highest BCUT2D eigenvalue weighted by Gasteiger charge is 1.99. The summed E-state index contributed by atoms with van der Waals surface area (Å²) in [6.07, 6.45) is 1.92. The molecule has 0 saturated heterocycles. The molecule has 0 saturated carbocycles. The molecule has 0 aliphatic heterocycles. The smallest absolute Gasteiger partial charge is 0.0998 e. The molecule has 0 spiro atoms. The van der Waals surface area contributed by atoms with Crippen molar-refractivity contribution in [1.29, 1.82) is 5.26 Å². The zero-order chi connectivity index (χ0) is 12.1. The molecule has 0 bridgehead atoms. The molecule has 17 heavy (non-hydrogen) atoms. The molecule has 82 valence electrons. The van der Waals surface area contributed by atoms with Gasteiger partial charge in [0, 0.05) is 0 Å². The number of rotatable bonds is 2. The van der Waals surface area contributed by atoms with Gasteiger partial charge in [-0.15, -0.1) is 0 Å². The Balaban J connectivity index is 2.41. The number of nitrogens with zero attached hydrogens (tertiary/aromatic N) is 1. The van der Waals surface area contributed by atoms with Crippen LogP contribution >= 0.6 is 0 Å². The predicted molar refractivity (Wildman–Crippen MR) is 71.1 cm³/mol. The van der Waals surface area contributed by atoms with Crippen molar-refractivity contribution in [2.75, 3.05) is 0 Å². The fourth-order valence-corrected chi connectivity index (χ4v) is 1.72. The normalized spacial score (nSPS) is 10.9. The zero-order valence-corrected chi connectivity index (χ0v) is 9.72. The maximum Gasteiger partial charge on any atom is 0.0998 e. The van der Waals surface area contributed by atoms with E-state index in [1.165, 1.54) is 5.56 Å². The summed E-state index contributed by atoms with van der Waals surface area (Å²) in [6.45, 7) is 2.05. The van der Waals surface area contributed by atoms with Crippen LogP contribution in [0.1, 0.15) is 16.7 Å². The van der Waals surface area contributed by atoms with Crippen LogP contribution in [0, 0.1) is 18.3 Å². The Labute approximate surface area is 102 Å². The van der Waals surface area contributed by atoms with Crippen molar-refractivity contribution in [2.45, 2.75) is 6.92 Å². The van der Waals surface area contributed by atoms with Crippen molar-refractivity contribution in [1.82, 2.24) is 0 Å². The zero-order valence-electron chi connectivity index (χ0n) is 9.72. The van der Waals surface area contributed by atoms with Gasteiger partial charge in [0.2, 0.25) is 0 Å². The molecule has 0 aromatic heterocycles. The number of allylic oxidation sites excluding steroid dienone is 1. The van der Waals surface area contributed by atoms with Gasteiger partial charge in [0.1, 0.15) is 0 Å². The molecular weight excluding hydrogens is 206 g/mol. The molecule has 0 radical (unpaired) electrons. The molecule has 2 rings (SSSR count). The quantitative estimate of drug-likeness (QED) is 0.552. The molecule has 0 amide bonds. The minimum atomic E-state index is 0.691. The Morgan fingerprint density at radius 1 is 1.06 bits per heavy atom. The van der Waals surface area contributed by atoms with Gasteiger partial charge in [-0.25, -0.2) is 0 Å². The summed E-state index contributed by atoms with van der Waals surface area (Å²) in [5.74, 6) is 0. The minimum absolute atomic E-state index is 0.691. The lowest BCUT2D eigenvalue weighted by Gasteiger charge is -2.00. The van der Waals surface area contributed by atoms with E-state index in [1.807, 2.05) is 61.5 Å². The van der Waals surface area contributed by atoms with E-state index >= 15 is 0 Å². The SMILES string of the molecule is Cc1cccc(/C=C(\C#N)c2ccccc2)c1. The predicted octanol–water partition coefficient (Wildman–Crippen LogP) is 4.06. The van der Waals surface area contributed by atoms with Gasteiger partial charge in [-0.2, -0.15) is 5.26 Å². The Bertz CT molecular complexity index is 574. The van der Waals surface area contributed by atoms with Crippen molar-refractivity contribution in [3.63, 3.8) is 0 Å². The van der Waals surface area contributed by atoms with Crippen molar-refractivity contribution < 1.29 is 0 Å². The first-order valence-corrected chi connectivity index (χ1v) is 5.53. The molecule has 0 fully saturated rings. The maximum absolute atomic E-state index is 9.19. The van der Waals surface area contributed by atoms with Crippen molar-refractivity contribution >= 4 is 11.6 Å². The number of hydrogen-bond donors (Lipinski definition) is 0. The lowest BCUT2D eigenvalue weighted by atomic mass is 10.0. The van der Waals surface area contributed by atoms with Gasteiger partial charge < -0.3 is 0 Å². The van der Waals surface area contributed by atoms with E-state index in [0.29, 0.717) is 5.57 Å². The van der Waals surface area contributed by atoms with Gasteiger partial charge in [0.15, 0.2) is 0 Å². The number of nitriles is 1. The fourth-order valence-electron chi connectivity index (χ4n) is 1.72. The first kappa shape index (κ1) is 11.2. The molecule has 1 heteroatoms. The van der Waals surface area contributed by atoms with Crippen molar-refractivity contribution in [3.8, 4) is 6.07 Å². The molecule has 0 aliphatic rings. The highest BCUT2D eigenvalue weighted by Crippen LogP contribution is 2.17. The van der Waals surface area contributed by atoms with Crippen LogP contribution in [0.25, 0.3) is 11.6 Å². The van der Waals surface area contributed by atoms with Crippen molar-refractivity contribution in [2.24, 2.45) is 0 Å². The average molecular weight is 219 g/mol. The summed E-state index contributed by atoms with van der Waals surface area (Å²) in [5.41, 5.74) is 3.90. The highest BCUT2D eigenvalue weighted by molar-refractivity contribution is 5.89. The molecule has 2 aromatic rings. The summed E-state index contributed by atoms with van der Waals surface area (Å²) in [5, 5.41) is 9.19. The third kappa shape index (κ3) is 2.83. The van der Waals surface area contributed by atoms with Crippen LogP contribution in [0.4, 0.5) is 0 Å². The standard InChI is InChI=1S/C16H13N/c1-13-6-5-7-14(10-13)11-16(12-17)15-8-3-2-4-9-15/h2-11H,1H3/b16-11+. The maximum atomic E-state index is 9.19. The van der Waals surface area contributed by atoms with Gasteiger partial charge in [0.25, 0.3) is 0 Å². The summed E-state index contributed by atoms with van der Waals surface area (Å²) in [6, 6.07) is 20.1. The van der Waals surface area contributed by atoms with Crippen LogP contribution in [-0.4, -0.2) is 0 Å². The summed E-state index contributed by atoms with van der Waals surface area (Å²) in [7, 11) is 0.